The summed E-state index contributed by atoms with van der Waals surface area (Å²) in [4.78, 5) is 14.2. The SMILES string of the molecule is Cc1cc(C(=O)N2C[C@H]3C[C@H]2CO3)c(C)o1. The van der Waals surface area contributed by atoms with Crippen LogP contribution in [0, 0.1) is 13.8 Å². The summed E-state index contributed by atoms with van der Waals surface area (Å²) in [5, 5.41) is 0. The van der Waals surface area contributed by atoms with Gasteiger partial charge >= 0.3 is 0 Å². The summed E-state index contributed by atoms with van der Waals surface area (Å²) in [6.45, 7) is 5.12. The van der Waals surface area contributed by atoms with Crippen LogP contribution in [0.3, 0.4) is 0 Å². The predicted octanol–water partition coefficient (Wildman–Crippen LogP) is 1.51. The van der Waals surface area contributed by atoms with Crippen LogP contribution in [0.2, 0.25) is 0 Å². The lowest BCUT2D eigenvalue weighted by atomic mass is 10.2. The highest BCUT2D eigenvalue weighted by Gasteiger charge is 2.42. The van der Waals surface area contributed by atoms with Gasteiger partial charge in [-0.3, -0.25) is 4.79 Å². The molecule has 2 atom stereocenters. The molecule has 4 nitrogen and oxygen atoms in total. The number of hydrogen-bond donors (Lipinski definition) is 0. The van der Waals surface area contributed by atoms with Gasteiger partial charge in [-0.15, -0.1) is 0 Å². The smallest absolute Gasteiger partial charge is 0.257 e. The van der Waals surface area contributed by atoms with Crippen LogP contribution >= 0.6 is 0 Å². The van der Waals surface area contributed by atoms with Gasteiger partial charge in [0.15, 0.2) is 0 Å². The van der Waals surface area contributed by atoms with Crippen LogP contribution in [0.5, 0.6) is 0 Å². The predicted molar refractivity (Wildman–Crippen MR) is 57.4 cm³/mol. The molecular formula is C12H15NO3. The van der Waals surface area contributed by atoms with Gasteiger partial charge in [0.2, 0.25) is 0 Å². The summed E-state index contributed by atoms with van der Waals surface area (Å²) in [5.41, 5.74) is 0.699. The van der Waals surface area contributed by atoms with Crippen LogP contribution in [0.1, 0.15) is 28.3 Å². The number of carbonyl (C=O) groups is 1. The first kappa shape index (κ1) is 9.90. The summed E-state index contributed by atoms with van der Waals surface area (Å²) in [6, 6.07) is 2.09. The second-order valence-electron chi connectivity index (χ2n) is 4.63. The Kier molecular flexibility index (Phi) is 2.07. The molecule has 0 spiro atoms. The number of likely N-dealkylation sites (tertiary alicyclic amines) is 1. The van der Waals surface area contributed by atoms with Crippen molar-refractivity contribution in [3.8, 4) is 0 Å². The lowest BCUT2D eigenvalue weighted by molar-refractivity contribution is 0.0258. The molecule has 0 aromatic carbocycles. The van der Waals surface area contributed by atoms with Gasteiger partial charge in [0.05, 0.1) is 24.3 Å². The monoisotopic (exact) mass is 221 g/mol. The van der Waals surface area contributed by atoms with Crippen molar-refractivity contribution in [1.29, 1.82) is 0 Å². The van der Waals surface area contributed by atoms with Crippen molar-refractivity contribution in [1.82, 2.24) is 4.90 Å². The fraction of sp³-hybridized carbons (Fsp3) is 0.583. The van der Waals surface area contributed by atoms with Crippen LogP contribution in [0.25, 0.3) is 0 Å². The summed E-state index contributed by atoms with van der Waals surface area (Å²) in [6.07, 6.45) is 1.24. The second-order valence-corrected chi connectivity index (χ2v) is 4.63. The number of amides is 1. The number of carbonyl (C=O) groups excluding carboxylic acids is 1. The fourth-order valence-electron chi connectivity index (χ4n) is 2.65. The third-order valence-electron chi connectivity index (χ3n) is 3.43. The Morgan fingerprint density at radius 1 is 1.50 bits per heavy atom. The molecular weight excluding hydrogens is 206 g/mol. The maximum atomic E-state index is 12.3. The Morgan fingerprint density at radius 2 is 2.31 bits per heavy atom. The van der Waals surface area contributed by atoms with Crippen molar-refractivity contribution in [3.63, 3.8) is 0 Å². The molecule has 1 aromatic rings. The topological polar surface area (TPSA) is 42.7 Å². The van der Waals surface area contributed by atoms with Crippen molar-refractivity contribution in [3.05, 3.63) is 23.2 Å². The molecule has 1 amide bonds. The number of aryl methyl sites for hydroxylation is 2. The molecule has 0 saturated carbocycles. The molecule has 0 N–H and O–H groups in total. The summed E-state index contributed by atoms with van der Waals surface area (Å²) < 4.78 is 10.9. The zero-order valence-electron chi connectivity index (χ0n) is 9.53. The Hall–Kier alpha value is -1.29. The van der Waals surface area contributed by atoms with Gasteiger partial charge < -0.3 is 14.1 Å². The van der Waals surface area contributed by atoms with E-state index in [9.17, 15) is 4.79 Å². The third-order valence-corrected chi connectivity index (χ3v) is 3.43. The van der Waals surface area contributed by atoms with Gasteiger partial charge in [0.1, 0.15) is 11.5 Å². The molecule has 1 aromatic heterocycles. The van der Waals surface area contributed by atoms with E-state index < -0.39 is 0 Å². The Morgan fingerprint density at radius 3 is 2.81 bits per heavy atom. The maximum absolute atomic E-state index is 12.3. The number of furan rings is 1. The minimum absolute atomic E-state index is 0.0881. The minimum Gasteiger partial charge on any atom is -0.466 e. The largest absolute Gasteiger partial charge is 0.466 e. The Labute approximate surface area is 94.2 Å². The molecule has 2 fully saturated rings. The molecule has 2 aliphatic rings. The summed E-state index contributed by atoms with van der Waals surface area (Å²) in [5.74, 6) is 1.60. The Balaban J connectivity index is 1.86. The van der Waals surface area contributed by atoms with Crippen LogP contribution in [0.4, 0.5) is 0 Å². The highest BCUT2D eigenvalue weighted by atomic mass is 16.5. The van der Waals surface area contributed by atoms with E-state index in [1.54, 1.807) is 0 Å². The van der Waals surface area contributed by atoms with Gasteiger partial charge in [-0.05, 0) is 26.3 Å². The maximum Gasteiger partial charge on any atom is 0.257 e. The number of fused-ring (bicyclic) bond motifs is 2. The molecule has 0 aliphatic carbocycles. The molecule has 0 radical (unpaired) electrons. The van der Waals surface area contributed by atoms with E-state index in [2.05, 4.69) is 0 Å². The van der Waals surface area contributed by atoms with Crippen molar-refractivity contribution in [2.24, 2.45) is 0 Å². The minimum atomic E-state index is 0.0881. The van der Waals surface area contributed by atoms with Gasteiger partial charge in [-0.2, -0.15) is 0 Å². The lowest BCUT2D eigenvalue weighted by Gasteiger charge is -2.26. The highest BCUT2D eigenvalue weighted by Crippen LogP contribution is 2.30. The zero-order chi connectivity index (χ0) is 11.3. The average molecular weight is 221 g/mol. The first-order valence-electron chi connectivity index (χ1n) is 5.65. The van der Waals surface area contributed by atoms with Crippen LogP contribution in [-0.2, 0) is 4.74 Å². The number of rotatable bonds is 1. The fourth-order valence-corrected chi connectivity index (χ4v) is 2.65. The molecule has 16 heavy (non-hydrogen) atoms. The summed E-state index contributed by atoms with van der Waals surface area (Å²) >= 11 is 0. The molecule has 2 bridgehead atoms. The first-order valence-corrected chi connectivity index (χ1v) is 5.65. The van der Waals surface area contributed by atoms with Crippen molar-refractivity contribution in [2.45, 2.75) is 32.4 Å². The lowest BCUT2D eigenvalue weighted by Crippen LogP contribution is -2.41. The van der Waals surface area contributed by atoms with Gasteiger partial charge in [-0.25, -0.2) is 0 Å². The van der Waals surface area contributed by atoms with Crippen LogP contribution in [0.15, 0.2) is 10.5 Å². The molecule has 2 aliphatic heterocycles. The standard InChI is InChI=1S/C12H15NO3/c1-7-3-11(8(2)16-7)12(14)13-5-10-4-9(13)6-15-10/h3,9-10H,4-6H2,1-2H3/t9-,10+/m0/s1. The van der Waals surface area contributed by atoms with E-state index in [-0.39, 0.29) is 18.1 Å². The molecule has 3 heterocycles. The van der Waals surface area contributed by atoms with E-state index in [0.717, 1.165) is 18.7 Å². The summed E-state index contributed by atoms with van der Waals surface area (Å²) in [7, 11) is 0. The molecule has 2 saturated heterocycles. The van der Waals surface area contributed by atoms with Gasteiger partial charge in [0.25, 0.3) is 5.91 Å². The molecule has 0 unspecified atom stereocenters. The van der Waals surface area contributed by atoms with Crippen LogP contribution in [-0.4, -0.2) is 36.1 Å². The quantitative estimate of drug-likeness (QED) is 0.722. The van der Waals surface area contributed by atoms with Crippen molar-refractivity contribution >= 4 is 5.91 Å². The third kappa shape index (κ3) is 1.37. The average Bonchev–Trinajstić information content (AvgIpc) is 2.91. The first-order chi connectivity index (χ1) is 7.65. The van der Waals surface area contributed by atoms with Crippen molar-refractivity contribution < 1.29 is 13.9 Å². The van der Waals surface area contributed by atoms with E-state index in [0.29, 0.717) is 17.9 Å². The van der Waals surface area contributed by atoms with Gasteiger partial charge in [0, 0.05) is 6.54 Å². The molecule has 3 rings (SSSR count). The van der Waals surface area contributed by atoms with E-state index in [1.807, 2.05) is 24.8 Å². The molecule has 86 valence electrons. The van der Waals surface area contributed by atoms with Gasteiger partial charge in [-0.1, -0.05) is 0 Å². The number of hydrogen-bond acceptors (Lipinski definition) is 3. The van der Waals surface area contributed by atoms with E-state index in [4.69, 9.17) is 9.15 Å². The zero-order valence-corrected chi connectivity index (χ0v) is 9.53. The van der Waals surface area contributed by atoms with E-state index >= 15 is 0 Å². The number of ether oxygens (including phenoxy) is 1. The normalized spacial score (nSPS) is 27.8. The Bertz CT molecular complexity index is 437. The van der Waals surface area contributed by atoms with Crippen LogP contribution < -0.4 is 0 Å². The highest BCUT2D eigenvalue weighted by molar-refractivity contribution is 5.95. The van der Waals surface area contributed by atoms with Crippen molar-refractivity contribution in [2.75, 3.05) is 13.2 Å². The number of morpholine rings is 1. The van der Waals surface area contributed by atoms with E-state index in [1.165, 1.54) is 0 Å². The molecule has 4 heteroatoms. The second kappa shape index (κ2) is 3.35. The number of nitrogens with zero attached hydrogens (tertiary/aromatic N) is 1.